The summed E-state index contributed by atoms with van der Waals surface area (Å²) in [5.74, 6) is 0.401. The van der Waals surface area contributed by atoms with E-state index in [0.717, 1.165) is 11.1 Å². The Labute approximate surface area is 185 Å². The summed E-state index contributed by atoms with van der Waals surface area (Å²) in [6.07, 6.45) is 1.25. The van der Waals surface area contributed by atoms with E-state index in [-0.39, 0.29) is 21.7 Å². The van der Waals surface area contributed by atoms with Gasteiger partial charge in [0.05, 0.1) is 15.6 Å². The first-order chi connectivity index (χ1) is 14.8. The molecule has 3 aromatic rings. The van der Waals surface area contributed by atoms with Gasteiger partial charge in [0.1, 0.15) is 6.04 Å². The van der Waals surface area contributed by atoms with E-state index in [2.05, 4.69) is 15.5 Å². The molecule has 0 aliphatic carbocycles. The van der Waals surface area contributed by atoms with Crippen molar-refractivity contribution in [3.63, 3.8) is 0 Å². The summed E-state index contributed by atoms with van der Waals surface area (Å²) in [6.45, 7) is 3.64. The van der Waals surface area contributed by atoms with E-state index in [9.17, 15) is 13.2 Å². The molecule has 1 fully saturated rings. The number of halogens is 1. The normalized spacial score (nSPS) is 17.1. The van der Waals surface area contributed by atoms with E-state index in [0.29, 0.717) is 30.9 Å². The minimum Gasteiger partial charge on any atom is -0.337 e. The Hall–Kier alpha value is -2.75. The molecule has 1 amide bonds. The van der Waals surface area contributed by atoms with Gasteiger partial charge >= 0.3 is 0 Å². The summed E-state index contributed by atoms with van der Waals surface area (Å²) >= 11 is 6.19. The lowest BCUT2D eigenvalue weighted by Crippen LogP contribution is -2.31. The van der Waals surface area contributed by atoms with E-state index < -0.39 is 16.1 Å². The highest BCUT2D eigenvalue weighted by Crippen LogP contribution is 2.37. The number of hydrogen-bond donors (Lipinski definition) is 1. The van der Waals surface area contributed by atoms with Gasteiger partial charge in [-0.05, 0) is 43.5 Å². The van der Waals surface area contributed by atoms with Crippen LogP contribution in [0.4, 0.5) is 5.69 Å². The number of nitrogens with zero attached hydrogens (tertiary/aromatic N) is 3. The average Bonchev–Trinajstić information content (AvgIpc) is 3.39. The smallest absolute Gasteiger partial charge is 0.245 e. The number of aromatic nitrogens is 2. The molecule has 0 radical (unpaired) electrons. The maximum absolute atomic E-state index is 13.3. The van der Waals surface area contributed by atoms with E-state index in [1.165, 1.54) is 29.4 Å². The van der Waals surface area contributed by atoms with Gasteiger partial charge in [0.2, 0.25) is 27.6 Å². The molecule has 1 atom stereocenters. The number of nitrogens with one attached hydrogen (secondary N) is 1. The minimum absolute atomic E-state index is 0.0390. The van der Waals surface area contributed by atoms with Crippen molar-refractivity contribution in [2.45, 2.75) is 37.6 Å². The van der Waals surface area contributed by atoms with Crippen LogP contribution in [0.25, 0.3) is 11.4 Å². The van der Waals surface area contributed by atoms with Crippen LogP contribution >= 0.6 is 11.6 Å². The summed E-state index contributed by atoms with van der Waals surface area (Å²) in [6, 6.07) is 11.3. The SMILES string of the molecule is CC(=O)Nc1ccc(S(=O)(=O)N2CCC[C@@H]2c2nc(-c3ccccc3C)no2)cc1Cl. The van der Waals surface area contributed by atoms with E-state index in [1.807, 2.05) is 31.2 Å². The first kappa shape index (κ1) is 21.5. The van der Waals surface area contributed by atoms with Gasteiger partial charge < -0.3 is 9.84 Å². The maximum atomic E-state index is 13.3. The third-order valence-electron chi connectivity index (χ3n) is 5.17. The van der Waals surface area contributed by atoms with Gasteiger partial charge in [-0.25, -0.2) is 8.42 Å². The monoisotopic (exact) mass is 460 g/mol. The van der Waals surface area contributed by atoms with Crippen LogP contribution in [0.3, 0.4) is 0 Å². The Kier molecular flexibility index (Phi) is 5.83. The number of amides is 1. The van der Waals surface area contributed by atoms with Gasteiger partial charge in [-0.3, -0.25) is 4.79 Å². The first-order valence-corrected chi connectivity index (χ1v) is 11.6. The first-order valence-electron chi connectivity index (χ1n) is 9.76. The van der Waals surface area contributed by atoms with Gasteiger partial charge in [-0.15, -0.1) is 0 Å². The molecule has 1 aliphatic heterocycles. The second-order valence-electron chi connectivity index (χ2n) is 7.37. The number of sulfonamides is 1. The molecule has 1 saturated heterocycles. The van der Waals surface area contributed by atoms with E-state index in [1.54, 1.807) is 0 Å². The molecule has 1 aromatic heterocycles. The summed E-state index contributed by atoms with van der Waals surface area (Å²) in [5, 5.41) is 6.78. The maximum Gasteiger partial charge on any atom is 0.245 e. The third-order valence-corrected chi connectivity index (χ3v) is 7.39. The minimum atomic E-state index is -3.86. The van der Waals surface area contributed by atoms with Crippen molar-refractivity contribution >= 4 is 33.2 Å². The molecular formula is C21H21ClN4O4S. The highest BCUT2D eigenvalue weighted by atomic mass is 35.5. The Balaban J connectivity index is 1.63. The van der Waals surface area contributed by atoms with E-state index >= 15 is 0 Å². The number of hydrogen-bond acceptors (Lipinski definition) is 6. The number of rotatable bonds is 5. The van der Waals surface area contributed by atoms with Crippen LogP contribution in [-0.4, -0.2) is 35.3 Å². The fourth-order valence-corrected chi connectivity index (χ4v) is 5.63. The molecule has 0 saturated carbocycles. The van der Waals surface area contributed by atoms with Gasteiger partial charge in [0.15, 0.2) is 0 Å². The van der Waals surface area contributed by atoms with Crippen molar-refractivity contribution in [2.24, 2.45) is 0 Å². The number of benzene rings is 2. The van der Waals surface area contributed by atoms with Crippen molar-refractivity contribution < 1.29 is 17.7 Å². The summed E-state index contributed by atoms with van der Waals surface area (Å²) in [4.78, 5) is 15.8. The Morgan fingerprint density at radius 3 is 2.74 bits per heavy atom. The number of carbonyl (C=O) groups is 1. The summed E-state index contributed by atoms with van der Waals surface area (Å²) in [7, 11) is -3.86. The molecule has 2 heterocycles. The molecule has 162 valence electrons. The lowest BCUT2D eigenvalue weighted by Gasteiger charge is -2.21. The molecule has 1 N–H and O–H groups in total. The van der Waals surface area contributed by atoms with Crippen molar-refractivity contribution in [3.05, 3.63) is 58.9 Å². The van der Waals surface area contributed by atoms with Gasteiger partial charge in [0, 0.05) is 19.0 Å². The van der Waals surface area contributed by atoms with Crippen LogP contribution in [0.15, 0.2) is 51.9 Å². The Morgan fingerprint density at radius 1 is 1.26 bits per heavy atom. The largest absolute Gasteiger partial charge is 0.337 e. The second-order valence-corrected chi connectivity index (χ2v) is 9.67. The molecular weight excluding hydrogens is 440 g/mol. The van der Waals surface area contributed by atoms with Gasteiger partial charge in [0.25, 0.3) is 0 Å². The zero-order valence-electron chi connectivity index (χ0n) is 17.0. The molecule has 8 nitrogen and oxygen atoms in total. The second kappa shape index (κ2) is 8.41. The fourth-order valence-electron chi connectivity index (χ4n) is 3.66. The standard InChI is InChI=1S/C21H21ClN4O4S/c1-13-6-3-4-7-16(13)20-24-21(30-25-20)19-8-5-11-26(19)31(28,29)15-9-10-18(17(22)12-15)23-14(2)27/h3-4,6-7,9-10,12,19H,5,8,11H2,1-2H3,(H,23,27)/t19-/m1/s1. The lowest BCUT2D eigenvalue weighted by molar-refractivity contribution is -0.114. The number of anilines is 1. The van der Waals surface area contributed by atoms with Crippen molar-refractivity contribution in [2.75, 3.05) is 11.9 Å². The predicted molar refractivity (Wildman–Crippen MR) is 116 cm³/mol. The van der Waals surface area contributed by atoms with Crippen LogP contribution in [0.5, 0.6) is 0 Å². The molecule has 0 bridgehead atoms. The molecule has 2 aromatic carbocycles. The quantitative estimate of drug-likeness (QED) is 0.612. The van der Waals surface area contributed by atoms with Crippen molar-refractivity contribution in [1.82, 2.24) is 14.4 Å². The van der Waals surface area contributed by atoms with Gasteiger partial charge in [-0.2, -0.15) is 9.29 Å². The zero-order chi connectivity index (χ0) is 22.2. The zero-order valence-corrected chi connectivity index (χ0v) is 18.6. The fraction of sp³-hybridized carbons (Fsp3) is 0.286. The summed E-state index contributed by atoms with van der Waals surface area (Å²) in [5.41, 5.74) is 2.19. The van der Waals surface area contributed by atoms with Crippen molar-refractivity contribution in [3.8, 4) is 11.4 Å². The Morgan fingerprint density at radius 2 is 2.03 bits per heavy atom. The topological polar surface area (TPSA) is 105 Å². The molecule has 31 heavy (non-hydrogen) atoms. The van der Waals surface area contributed by atoms with E-state index in [4.69, 9.17) is 16.1 Å². The van der Waals surface area contributed by atoms with Crippen molar-refractivity contribution in [1.29, 1.82) is 0 Å². The molecule has 0 unspecified atom stereocenters. The average molecular weight is 461 g/mol. The van der Waals surface area contributed by atoms with Gasteiger partial charge in [-0.1, -0.05) is 41.0 Å². The number of carbonyl (C=O) groups excluding carboxylic acids is 1. The molecule has 4 rings (SSSR count). The molecule has 10 heteroatoms. The van der Waals surface area contributed by atoms with Crippen LogP contribution in [0.1, 0.15) is 37.3 Å². The Bertz CT molecular complexity index is 1240. The van der Waals surface area contributed by atoms with Crippen LogP contribution in [-0.2, 0) is 14.8 Å². The molecule has 1 aliphatic rings. The summed E-state index contributed by atoms with van der Waals surface area (Å²) < 4.78 is 33.5. The number of aryl methyl sites for hydroxylation is 1. The highest BCUT2D eigenvalue weighted by Gasteiger charge is 2.39. The van der Waals surface area contributed by atoms with Crippen LogP contribution < -0.4 is 5.32 Å². The highest BCUT2D eigenvalue weighted by molar-refractivity contribution is 7.89. The van der Waals surface area contributed by atoms with Crippen LogP contribution in [0, 0.1) is 6.92 Å². The molecule has 0 spiro atoms. The predicted octanol–water partition coefficient (Wildman–Crippen LogP) is 4.18. The van der Waals surface area contributed by atoms with Crippen LogP contribution in [0.2, 0.25) is 5.02 Å². The lowest BCUT2D eigenvalue weighted by atomic mass is 10.1. The third kappa shape index (κ3) is 4.21.